The largest absolute Gasteiger partial charge is 0.399 e. The molecule has 28 heavy (non-hydrogen) atoms. The van der Waals surface area contributed by atoms with E-state index < -0.39 is 0 Å². The zero-order chi connectivity index (χ0) is 20.5. The van der Waals surface area contributed by atoms with Gasteiger partial charge in [0.25, 0.3) is 0 Å². The summed E-state index contributed by atoms with van der Waals surface area (Å²) >= 11 is 0. The lowest BCUT2D eigenvalue weighted by atomic mass is 9.87. The molecule has 146 valence electrons. The fraction of sp³-hybridized carbons (Fsp3) is 0.269. The van der Waals surface area contributed by atoms with Crippen LogP contribution in [-0.2, 0) is 12.8 Å². The third-order valence-corrected chi connectivity index (χ3v) is 4.99. The summed E-state index contributed by atoms with van der Waals surface area (Å²) in [6.07, 6.45) is 7.83. The summed E-state index contributed by atoms with van der Waals surface area (Å²) in [7, 11) is 0. The van der Waals surface area contributed by atoms with Crippen molar-refractivity contribution in [1.29, 1.82) is 0 Å². The molecule has 1 unspecified atom stereocenters. The lowest BCUT2D eigenvalue weighted by molar-refractivity contribution is 0.867. The van der Waals surface area contributed by atoms with Crippen molar-refractivity contribution in [3.05, 3.63) is 101 Å². The molecule has 0 aliphatic heterocycles. The van der Waals surface area contributed by atoms with Crippen LogP contribution in [0.2, 0.25) is 0 Å². The van der Waals surface area contributed by atoms with Crippen molar-refractivity contribution in [3.63, 3.8) is 0 Å². The van der Waals surface area contributed by atoms with Gasteiger partial charge in [0.15, 0.2) is 0 Å². The van der Waals surface area contributed by atoms with Gasteiger partial charge in [-0.3, -0.25) is 4.99 Å². The van der Waals surface area contributed by atoms with Gasteiger partial charge in [0.2, 0.25) is 0 Å². The van der Waals surface area contributed by atoms with Crippen molar-refractivity contribution >= 4 is 11.4 Å². The number of hydrogen-bond acceptors (Lipinski definition) is 2. The molecule has 0 fully saturated rings. The fourth-order valence-corrected chi connectivity index (χ4v) is 3.28. The van der Waals surface area contributed by atoms with Gasteiger partial charge in [0.05, 0.1) is 5.70 Å². The molecule has 0 aromatic heterocycles. The van der Waals surface area contributed by atoms with E-state index in [0.29, 0.717) is 0 Å². The second kappa shape index (κ2) is 10.5. The molecule has 2 rings (SSSR count). The normalized spacial score (nSPS) is 14.1. The molecule has 0 amide bonds. The van der Waals surface area contributed by atoms with Gasteiger partial charge < -0.3 is 5.73 Å². The average Bonchev–Trinajstić information content (AvgIpc) is 2.71. The van der Waals surface area contributed by atoms with Gasteiger partial charge in [-0.25, -0.2) is 0 Å². The highest BCUT2D eigenvalue weighted by molar-refractivity contribution is 5.90. The van der Waals surface area contributed by atoms with E-state index in [1.54, 1.807) is 0 Å². The molecule has 2 aromatic rings. The number of aliphatic imine (C=N–C) groups is 1. The van der Waals surface area contributed by atoms with E-state index in [-0.39, 0.29) is 5.92 Å². The Kier molecular flexibility index (Phi) is 8.01. The maximum absolute atomic E-state index is 6.08. The molecular weight excluding hydrogens is 340 g/mol. The van der Waals surface area contributed by atoms with Crippen LogP contribution in [0.3, 0.4) is 0 Å². The molecule has 2 aromatic carbocycles. The molecule has 0 bridgehead atoms. The van der Waals surface area contributed by atoms with E-state index in [4.69, 9.17) is 10.7 Å². The highest BCUT2D eigenvalue weighted by Gasteiger charge is 2.17. The second-order valence-corrected chi connectivity index (χ2v) is 7.13. The number of nitrogen functional groups attached to an aromatic ring is 1. The molecule has 0 aliphatic rings. The summed E-state index contributed by atoms with van der Waals surface area (Å²) in [5.41, 5.74) is 13.8. The molecule has 2 N–H and O–H groups in total. The first-order chi connectivity index (χ1) is 13.5. The predicted octanol–water partition coefficient (Wildman–Crippen LogP) is 6.65. The SMILES string of the molecule is C=C/C(C)=C(\C=C/C)N=C(C)C(Cc1cccc(CC)c1)c1cccc(N)c1. The predicted molar refractivity (Wildman–Crippen MR) is 124 cm³/mol. The monoisotopic (exact) mass is 372 g/mol. The molecular formula is C26H32N2. The lowest BCUT2D eigenvalue weighted by Gasteiger charge is -2.19. The maximum Gasteiger partial charge on any atom is 0.0654 e. The number of hydrogen-bond donors (Lipinski definition) is 1. The smallest absolute Gasteiger partial charge is 0.0654 e. The maximum atomic E-state index is 6.08. The van der Waals surface area contributed by atoms with E-state index in [9.17, 15) is 0 Å². The Bertz CT molecular complexity index is 900. The van der Waals surface area contributed by atoms with Gasteiger partial charge in [-0.15, -0.1) is 0 Å². The van der Waals surface area contributed by atoms with E-state index in [1.807, 2.05) is 44.2 Å². The highest BCUT2D eigenvalue weighted by atomic mass is 14.8. The lowest BCUT2D eigenvalue weighted by Crippen LogP contribution is -2.13. The van der Waals surface area contributed by atoms with Crippen molar-refractivity contribution in [2.75, 3.05) is 5.73 Å². The second-order valence-electron chi connectivity index (χ2n) is 7.13. The minimum atomic E-state index is 0.161. The van der Waals surface area contributed by atoms with Crippen molar-refractivity contribution in [1.82, 2.24) is 0 Å². The Morgan fingerprint density at radius 3 is 2.46 bits per heavy atom. The number of rotatable bonds is 8. The van der Waals surface area contributed by atoms with Crippen LogP contribution in [0.25, 0.3) is 0 Å². The van der Waals surface area contributed by atoms with Crippen molar-refractivity contribution in [2.24, 2.45) is 4.99 Å². The minimum absolute atomic E-state index is 0.161. The first-order valence-corrected chi connectivity index (χ1v) is 9.92. The molecule has 0 spiro atoms. The third kappa shape index (κ3) is 5.82. The summed E-state index contributed by atoms with van der Waals surface area (Å²) in [6, 6.07) is 17.0. The van der Waals surface area contributed by atoms with Crippen LogP contribution < -0.4 is 5.73 Å². The van der Waals surface area contributed by atoms with Crippen LogP contribution >= 0.6 is 0 Å². The Morgan fingerprint density at radius 1 is 1.11 bits per heavy atom. The summed E-state index contributed by atoms with van der Waals surface area (Å²) in [5, 5.41) is 0. The van der Waals surface area contributed by atoms with Gasteiger partial charge in [-0.05, 0) is 74.1 Å². The first kappa shape index (κ1) is 21.4. The van der Waals surface area contributed by atoms with E-state index in [2.05, 4.69) is 56.8 Å². The number of aryl methyl sites for hydroxylation is 1. The number of nitrogens with zero attached hydrogens (tertiary/aromatic N) is 1. The van der Waals surface area contributed by atoms with Crippen LogP contribution in [0.4, 0.5) is 5.69 Å². The van der Waals surface area contributed by atoms with Crippen molar-refractivity contribution in [3.8, 4) is 0 Å². The summed E-state index contributed by atoms with van der Waals surface area (Å²) in [4.78, 5) is 4.98. The van der Waals surface area contributed by atoms with Gasteiger partial charge in [-0.2, -0.15) is 0 Å². The number of benzene rings is 2. The zero-order valence-electron chi connectivity index (χ0n) is 17.6. The van der Waals surface area contributed by atoms with Crippen molar-refractivity contribution < 1.29 is 0 Å². The van der Waals surface area contributed by atoms with Crippen LogP contribution in [0.1, 0.15) is 50.3 Å². The van der Waals surface area contributed by atoms with E-state index in [0.717, 1.165) is 35.5 Å². The fourth-order valence-electron chi connectivity index (χ4n) is 3.28. The molecule has 0 saturated heterocycles. The Hall–Kier alpha value is -2.87. The summed E-state index contributed by atoms with van der Waals surface area (Å²) < 4.78 is 0. The van der Waals surface area contributed by atoms with E-state index >= 15 is 0 Å². The van der Waals surface area contributed by atoms with Crippen LogP contribution in [0.5, 0.6) is 0 Å². The van der Waals surface area contributed by atoms with Crippen molar-refractivity contribution in [2.45, 2.75) is 46.5 Å². The zero-order valence-corrected chi connectivity index (χ0v) is 17.6. The minimum Gasteiger partial charge on any atom is -0.399 e. The van der Waals surface area contributed by atoms with Gasteiger partial charge in [-0.1, -0.05) is 62.1 Å². The summed E-state index contributed by atoms with van der Waals surface area (Å²) in [6.45, 7) is 12.2. The molecule has 2 nitrogen and oxygen atoms in total. The molecule has 2 heteroatoms. The summed E-state index contributed by atoms with van der Waals surface area (Å²) in [5.74, 6) is 0.161. The quantitative estimate of drug-likeness (QED) is 0.314. The van der Waals surface area contributed by atoms with Gasteiger partial charge in [0.1, 0.15) is 0 Å². The van der Waals surface area contributed by atoms with E-state index in [1.165, 1.54) is 16.7 Å². The Labute approximate surface area is 170 Å². The van der Waals surface area contributed by atoms with Crippen LogP contribution in [0.15, 0.2) is 89.6 Å². The molecule has 0 heterocycles. The number of anilines is 1. The third-order valence-electron chi connectivity index (χ3n) is 4.99. The average molecular weight is 373 g/mol. The molecule has 0 saturated carbocycles. The number of allylic oxidation sites excluding steroid dienone is 4. The Balaban J connectivity index is 2.51. The van der Waals surface area contributed by atoms with Crippen LogP contribution in [-0.4, -0.2) is 5.71 Å². The number of nitrogens with two attached hydrogens (primary N) is 1. The Morgan fingerprint density at radius 2 is 1.82 bits per heavy atom. The molecule has 0 radical (unpaired) electrons. The highest BCUT2D eigenvalue weighted by Crippen LogP contribution is 2.26. The van der Waals surface area contributed by atoms with Gasteiger partial charge in [0, 0.05) is 17.3 Å². The van der Waals surface area contributed by atoms with Gasteiger partial charge >= 0.3 is 0 Å². The molecule has 0 aliphatic carbocycles. The topological polar surface area (TPSA) is 38.4 Å². The first-order valence-electron chi connectivity index (χ1n) is 9.92. The van der Waals surface area contributed by atoms with Crippen LogP contribution in [0, 0.1) is 0 Å². The molecule has 1 atom stereocenters. The standard InChI is InChI=1S/C26H32N2/c1-6-11-26(19(4)7-2)28-20(5)25(23-14-10-15-24(27)18-23)17-22-13-9-12-21(8-3)16-22/h6-7,9-16,18,25H,2,8,17,27H2,1,3-5H3/b11-6-,26-19+,28-20?.